The van der Waals surface area contributed by atoms with Gasteiger partial charge in [0.15, 0.2) is 0 Å². The monoisotopic (exact) mass is 323 g/mol. The zero-order chi connectivity index (χ0) is 15.9. The van der Waals surface area contributed by atoms with E-state index in [9.17, 15) is 9.90 Å². The first-order chi connectivity index (χ1) is 10.4. The maximum Gasteiger partial charge on any atom is 0.254 e. The Hall–Kier alpha value is -1.26. The van der Waals surface area contributed by atoms with Crippen molar-refractivity contribution >= 4 is 17.5 Å². The Morgan fingerprint density at radius 1 is 1.41 bits per heavy atom. The minimum atomic E-state index is -0.594. The summed E-state index contributed by atoms with van der Waals surface area (Å²) in [5.74, 6) is 1.05. The predicted octanol–water partition coefficient (Wildman–Crippen LogP) is 2.97. The van der Waals surface area contributed by atoms with E-state index in [1.165, 1.54) is 0 Å². The Morgan fingerprint density at radius 3 is 2.73 bits per heavy atom. The van der Waals surface area contributed by atoms with Crippen LogP contribution in [0.4, 0.5) is 0 Å². The van der Waals surface area contributed by atoms with Crippen molar-refractivity contribution in [3.05, 3.63) is 28.8 Å². The molecule has 0 spiro atoms. The van der Waals surface area contributed by atoms with Gasteiger partial charge in [-0.05, 0) is 43.4 Å². The standard InChI is InChI=1S/C17H22ClNO3/c1-11-10-19(6-5-17(11,21)13-3-4-13)16(20)12-7-14(18)9-15(8-12)22-2/h7-9,11,13,21H,3-6,10H2,1-2H3/t11-,17+/m0/s1. The normalized spacial score (nSPS) is 28.5. The number of carbonyl (C=O) groups is 1. The molecule has 3 rings (SSSR count). The highest BCUT2D eigenvalue weighted by Crippen LogP contribution is 2.47. The summed E-state index contributed by atoms with van der Waals surface area (Å²) in [4.78, 5) is 14.5. The molecule has 1 aliphatic carbocycles. The van der Waals surface area contributed by atoms with Gasteiger partial charge in [0.25, 0.3) is 5.91 Å². The van der Waals surface area contributed by atoms with Crippen molar-refractivity contribution in [1.29, 1.82) is 0 Å². The third-order valence-corrected chi connectivity index (χ3v) is 5.27. The van der Waals surface area contributed by atoms with Crippen LogP contribution >= 0.6 is 11.6 Å². The molecule has 1 amide bonds. The lowest BCUT2D eigenvalue weighted by atomic mass is 9.78. The first-order valence-corrected chi connectivity index (χ1v) is 8.18. The molecule has 1 N–H and O–H groups in total. The van der Waals surface area contributed by atoms with Crippen molar-refractivity contribution in [1.82, 2.24) is 4.90 Å². The van der Waals surface area contributed by atoms with E-state index in [0.717, 1.165) is 12.8 Å². The fourth-order valence-corrected chi connectivity index (χ4v) is 3.73. The summed E-state index contributed by atoms with van der Waals surface area (Å²) in [6.07, 6.45) is 2.88. The Kier molecular flexibility index (Phi) is 4.08. The van der Waals surface area contributed by atoms with Gasteiger partial charge < -0.3 is 14.7 Å². The number of methoxy groups -OCH3 is 1. The molecule has 0 bridgehead atoms. The van der Waals surface area contributed by atoms with Crippen LogP contribution in [-0.4, -0.2) is 41.7 Å². The number of halogens is 1. The molecule has 5 heteroatoms. The molecule has 1 aromatic carbocycles. The van der Waals surface area contributed by atoms with Crippen LogP contribution in [0.3, 0.4) is 0 Å². The largest absolute Gasteiger partial charge is 0.497 e. The SMILES string of the molecule is COc1cc(Cl)cc(C(=O)N2CC[C@](O)(C3CC3)[C@@H](C)C2)c1. The number of hydrogen-bond donors (Lipinski definition) is 1. The second-order valence-corrected chi connectivity index (χ2v) is 6.98. The molecular weight excluding hydrogens is 302 g/mol. The number of ether oxygens (including phenoxy) is 1. The molecule has 2 fully saturated rings. The van der Waals surface area contributed by atoms with Gasteiger partial charge >= 0.3 is 0 Å². The molecule has 4 nitrogen and oxygen atoms in total. The summed E-state index contributed by atoms with van der Waals surface area (Å²) in [6, 6.07) is 5.06. The van der Waals surface area contributed by atoms with Gasteiger partial charge in [-0.1, -0.05) is 18.5 Å². The number of benzene rings is 1. The number of carbonyl (C=O) groups excluding carboxylic acids is 1. The maximum atomic E-state index is 12.7. The second kappa shape index (κ2) is 5.74. The molecule has 0 aromatic heterocycles. The van der Waals surface area contributed by atoms with Crippen molar-refractivity contribution in [2.24, 2.45) is 11.8 Å². The van der Waals surface area contributed by atoms with Gasteiger partial charge in [-0.3, -0.25) is 4.79 Å². The van der Waals surface area contributed by atoms with Crippen molar-refractivity contribution < 1.29 is 14.6 Å². The van der Waals surface area contributed by atoms with E-state index in [1.54, 1.807) is 25.3 Å². The Balaban J connectivity index is 1.75. The average molecular weight is 324 g/mol. The van der Waals surface area contributed by atoms with Crippen LogP contribution in [0.15, 0.2) is 18.2 Å². The van der Waals surface area contributed by atoms with E-state index < -0.39 is 5.60 Å². The van der Waals surface area contributed by atoms with Gasteiger partial charge in [0.2, 0.25) is 0 Å². The fraction of sp³-hybridized carbons (Fsp3) is 0.588. The van der Waals surface area contributed by atoms with Crippen molar-refractivity contribution in [2.75, 3.05) is 20.2 Å². The lowest BCUT2D eigenvalue weighted by molar-refractivity contribution is -0.0751. The van der Waals surface area contributed by atoms with Gasteiger partial charge in [-0.2, -0.15) is 0 Å². The van der Waals surface area contributed by atoms with E-state index in [-0.39, 0.29) is 11.8 Å². The van der Waals surface area contributed by atoms with E-state index in [0.29, 0.717) is 41.8 Å². The molecule has 1 aromatic rings. The third kappa shape index (κ3) is 2.82. The number of aliphatic hydroxyl groups is 1. The number of piperidine rings is 1. The summed E-state index contributed by atoms with van der Waals surface area (Å²) in [5.41, 5.74) is -0.0589. The van der Waals surface area contributed by atoms with Crippen molar-refractivity contribution in [2.45, 2.75) is 31.8 Å². The molecular formula is C17H22ClNO3. The number of amides is 1. The van der Waals surface area contributed by atoms with Crippen LogP contribution in [-0.2, 0) is 0 Å². The summed E-state index contributed by atoms with van der Waals surface area (Å²) < 4.78 is 5.17. The minimum absolute atomic E-state index is 0.0505. The lowest BCUT2D eigenvalue weighted by Crippen LogP contribution is -2.53. The molecule has 1 heterocycles. The third-order valence-electron chi connectivity index (χ3n) is 5.06. The predicted molar refractivity (Wildman–Crippen MR) is 85.4 cm³/mol. The van der Waals surface area contributed by atoms with Gasteiger partial charge in [0.05, 0.1) is 12.7 Å². The van der Waals surface area contributed by atoms with Crippen LogP contribution in [0.2, 0.25) is 5.02 Å². The highest BCUT2D eigenvalue weighted by Gasteiger charge is 2.50. The van der Waals surface area contributed by atoms with Gasteiger partial charge in [0.1, 0.15) is 5.75 Å². The topological polar surface area (TPSA) is 49.8 Å². The second-order valence-electron chi connectivity index (χ2n) is 6.55. The van der Waals surface area contributed by atoms with Gasteiger partial charge in [-0.25, -0.2) is 0 Å². The summed E-state index contributed by atoms with van der Waals surface area (Å²) >= 11 is 6.04. The number of nitrogens with zero attached hydrogens (tertiary/aromatic N) is 1. The van der Waals surface area contributed by atoms with Crippen LogP contribution in [0, 0.1) is 11.8 Å². The number of rotatable bonds is 3. The van der Waals surface area contributed by atoms with E-state index in [4.69, 9.17) is 16.3 Å². The molecule has 1 aliphatic heterocycles. The summed E-state index contributed by atoms with van der Waals surface area (Å²) in [7, 11) is 1.55. The highest BCUT2D eigenvalue weighted by atomic mass is 35.5. The van der Waals surface area contributed by atoms with Crippen LogP contribution in [0.5, 0.6) is 5.75 Å². The van der Waals surface area contributed by atoms with Crippen LogP contribution in [0.1, 0.15) is 36.5 Å². The Morgan fingerprint density at radius 2 is 2.14 bits per heavy atom. The Labute approximate surface area is 136 Å². The molecule has 2 aliphatic rings. The average Bonchev–Trinajstić information content (AvgIpc) is 3.33. The van der Waals surface area contributed by atoms with Crippen LogP contribution < -0.4 is 4.74 Å². The molecule has 0 radical (unpaired) electrons. The zero-order valence-corrected chi connectivity index (χ0v) is 13.8. The van der Waals surface area contributed by atoms with E-state index in [2.05, 4.69) is 0 Å². The van der Waals surface area contributed by atoms with Crippen molar-refractivity contribution in [3.8, 4) is 5.75 Å². The number of likely N-dealkylation sites (tertiary alicyclic amines) is 1. The first kappa shape index (κ1) is 15.6. The molecule has 1 saturated heterocycles. The molecule has 22 heavy (non-hydrogen) atoms. The highest BCUT2D eigenvalue weighted by molar-refractivity contribution is 6.31. The number of hydrogen-bond acceptors (Lipinski definition) is 3. The smallest absolute Gasteiger partial charge is 0.254 e. The minimum Gasteiger partial charge on any atom is -0.497 e. The van der Waals surface area contributed by atoms with Crippen LogP contribution in [0.25, 0.3) is 0 Å². The maximum absolute atomic E-state index is 12.7. The summed E-state index contributed by atoms with van der Waals surface area (Å²) in [6.45, 7) is 3.21. The zero-order valence-electron chi connectivity index (χ0n) is 13.0. The van der Waals surface area contributed by atoms with E-state index in [1.807, 2.05) is 11.8 Å². The van der Waals surface area contributed by atoms with E-state index >= 15 is 0 Å². The quantitative estimate of drug-likeness (QED) is 0.930. The lowest BCUT2D eigenvalue weighted by Gasteiger charge is -2.43. The molecule has 120 valence electrons. The van der Waals surface area contributed by atoms with Crippen molar-refractivity contribution in [3.63, 3.8) is 0 Å². The van der Waals surface area contributed by atoms with Gasteiger partial charge in [-0.15, -0.1) is 0 Å². The van der Waals surface area contributed by atoms with Gasteiger partial charge in [0, 0.05) is 29.6 Å². The fourth-order valence-electron chi connectivity index (χ4n) is 3.50. The molecule has 1 saturated carbocycles. The summed E-state index contributed by atoms with van der Waals surface area (Å²) in [5, 5.41) is 11.3. The molecule has 0 unspecified atom stereocenters. The Bertz CT molecular complexity index is 587. The molecule has 2 atom stereocenters. The first-order valence-electron chi connectivity index (χ1n) is 7.80.